The van der Waals surface area contributed by atoms with Gasteiger partial charge < -0.3 is 5.32 Å². The number of benzene rings is 2. The summed E-state index contributed by atoms with van der Waals surface area (Å²) in [4.78, 5) is 13.2. The maximum absolute atomic E-state index is 13.2. The molecule has 0 spiro atoms. The van der Waals surface area contributed by atoms with Crippen LogP contribution in [0.1, 0.15) is 41.6 Å². The van der Waals surface area contributed by atoms with Crippen molar-refractivity contribution in [2.75, 3.05) is 5.32 Å². The minimum absolute atomic E-state index is 0.0658. The number of anilines is 1. The number of nitrogens with zero attached hydrogens (tertiary/aromatic N) is 2. The Labute approximate surface area is 167 Å². The van der Waals surface area contributed by atoms with Crippen LogP contribution in [-0.2, 0) is 27.1 Å². The van der Waals surface area contributed by atoms with Gasteiger partial charge >= 0.3 is 0 Å². The summed E-state index contributed by atoms with van der Waals surface area (Å²) in [5, 5.41) is 7.81. The van der Waals surface area contributed by atoms with Gasteiger partial charge in [0, 0.05) is 16.4 Å². The molecular weight excluding hydrogens is 370 g/mol. The fourth-order valence-corrected chi connectivity index (χ4v) is 4.96. The molecule has 1 aliphatic heterocycles. The molecule has 28 heavy (non-hydrogen) atoms. The zero-order chi connectivity index (χ0) is 19.7. The van der Waals surface area contributed by atoms with Gasteiger partial charge in [-0.1, -0.05) is 55.5 Å². The number of fused-ring (bicyclic) bond motifs is 1. The summed E-state index contributed by atoms with van der Waals surface area (Å²) < 4.78 is 13.9. The van der Waals surface area contributed by atoms with E-state index in [-0.39, 0.29) is 11.8 Å². The molecule has 1 aliphatic rings. The minimum Gasteiger partial charge on any atom is -0.310 e. The lowest BCUT2D eigenvalue weighted by atomic mass is 9.95. The van der Waals surface area contributed by atoms with E-state index in [4.69, 9.17) is 5.10 Å². The molecule has 4 rings (SSSR count). The van der Waals surface area contributed by atoms with Crippen molar-refractivity contribution in [3.05, 3.63) is 77.0 Å². The van der Waals surface area contributed by atoms with Crippen LogP contribution < -0.4 is 5.32 Å². The van der Waals surface area contributed by atoms with Gasteiger partial charge in [-0.25, -0.2) is 4.68 Å². The van der Waals surface area contributed by atoms with Gasteiger partial charge in [-0.05, 0) is 30.5 Å². The largest absolute Gasteiger partial charge is 0.310 e. The number of hydrogen-bond donors (Lipinski definition) is 1. The fourth-order valence-electron chi connectivity index (χ4n) is 3.69. The lowest BCUT2D eigenvalue weighted by Crippen LogP contribution is -2.23. The Morgan fingerprint density at radius 1 is 1.14 bits per heavy atom. The van der Waals surface area contributed by atoms with Crippen LogP contribution >= 0.6 is 0 Å². The molecule has 0 unspecified atom stereocenters. The summed E-state index contributed by atoms with van der Waals surface area (Å²) in [6.45, 7) is 4.03. The van der Waals surface area contributed by atoms with Crippen LogP contribution in [-0.4, -0.2) is 19.9 Å². The Morgan fingerprint density at radius 2 is 1.86 bits per heavy atom. The second kappa shape index (κ2) is 7.72. The molecule has 5 nitrogen and oxygen atoms in total. The molecule has 0 bridgehead atoms. The van der Waals surface area contributed by atoms with Gasteiger partial charge in [0.1, 0.15) is 5.82 Å². The monoisotopic (exact) mass is 393 g/mol. The Balaban J connectivity index is 1.74. The van der Waals surface area contributed by atoms with Crippen molar-refractivity contribution in [1.29, 1.82) is 0 Å². The van der Waals surface area contributed by atoms with Gasteiger partial charge in [-0.2, -0.15) is 5.10 Å². The van der Waals surface area contributed by atoms with Crippen LogP contribution in [0.25, 0.3) is 5.69 Å². The Bertz CT molecular complexity index is 1040. The predicted molar refractivity (Wildman–Crippen MR) is 112 cm³/mol. The number of nitrogens with one attached hydrogen (secondary N) is 1. The standard InChI is InChI=1S/C22H23N3O2S/c1-3-17(16-10-5-4-6-11-16)22(26)23-21-18-13-28(27)14-19(18)24-25(21)20-12-8-7-9-15(20)2/h4-12,17H,3,13-14H2,1-2H3,(H,23,26)/t17-,28+/m0/s1. The van der Waals surface area contributed by atoms with Crippen LogP contribution in [0.3, 0.4) is 0 Å². The highest BCUT2D eigenvalue weighted by Crippen LogP contribution is 2.33. The van der Waals surface area contributed by atoms with Crippen molar-refractivity contribution in [1.82, 2.24) is 9.78 Å². The van der Waals surface area contributed by atoms with Crippen molar-refractivity contribution in [2.24, 2.45) is 0 Å². The summed E-state index contributed by atoms with van der Waals surface area (Å²) in [6.07, 6.45) is 0.697. The number of hydrogen-bond acceptors (Lipinski definition) is 3. The van der Waals surface area contributed by atoms with E-state index in [0.717, 1.165) is 28.1 Å². The van der Waals surface area contributed by atoms with E-state index in [9.17, 15) is 9.00 Å². The molecule has 0 saturated carbocycles. The normalized spacial score (nSPS) is 16.6. The van der Waals surface area contributed by atoms with E-state index in [2.05, 4.69) is 5.32 Å². The van der Waals surface area contributed by atoms with E-state index in [1.807, 2.05) is 68.4 Å². The van der Waals surface area contributed by atoms with E-state index in [1.165, 1.54) is 0 Å². The molecule has 0 radical (unpaired) electrons. The molecule has 2 heterocycles. The van der Waals surface area contributed by atoms with Crippen molar-refractivity contribution in [3.63, 3.8) is 0 Å². The first-order chi connectivity index (χ1) is 13.6. The summed E-state index contributed by atoms with van der Waals surface area (Å²) in [7, 11) is -0.959. The average molecular weight is 394 g/mol. The minimum atomic E-state index is -0.959. The summed E-state index contributed by atoms with van der Waals surface area (Å²) >= 11 is 0. The van der Waals surface area contributed by atoms with Crippen molar-refractivity contribution in [2.45, 2.75) is 37.7 Å². The van der Waals surface area contributed by atoms with Gasteiger partial charge in [-0.15, -0.1) is 0 Å². The number of para-hydroxylation sites is 1. The molecule has 1 aromatic heterocycles. The molecule has 2 atom stereocenters. The SMILES string of the molecule is CC[C@H](C(=O)Nc1c2c(nn1-c1ccccc1C)C[S@](=O)C2)c1ccccc1. The maximum atomic E-state index is 13.2. The number of aryl methyl sites for hydroxylation is 1. The highest BCUT2D eigenvalue weighted by molar-refractivity contribution is 7.83. The molecule has 0 saturated heterocycles. The number of aromatic nitrogens is 2. The van der Waals surface area contributed by atoms with Crippen molar-refractivity contribution >= 4 is 22.5 Å². The third-order valence-electron chi connectivity index (χ3n) is 5.18. The Hall–Kier alpha value is -2.73. The van der Waals surface area contributed by atoms with Gasteiger partial charge in [0.25, 0.3) is 0 Å². The van der Waals surface area contributed by atoms with Crippen LogP contribution in [0.2, 0.25) is 0 Å². The first kappa shape index (κ1) is 18.6. The number of carbonyl (C=O) groups excluding carboxylic acids is 1. The highest BCUT2D eigenvalue weighted by atomic mass is 32.2. The Morgan fingerprint density at radius 3 is 2.57 bits per heavy atom. The third-order valence-corrected chi connectivity index (χ3v) is 6.39. The Kier molecular flexibility index (Phi) is 5.13. The molecule has 1 N–H and O–H groups in total. The first-order valence-corrected chi connectivity index (χ1v) is 10.9. The summed E-state index contributed by atoms with van der Waals surface area (Å²) in [5.74, 6) is 1.20. The predicted octanol–water partition coefficient (Wildman–Crippen LogP) is 4.08. The number of carbonyl (C=O) groups is 1. The lowest BCUT2D eigenvalue weighted by Gasteiger charge is -2.17. The molecule has 144 valence electrons. The first-order valence-electron chi connectivity index (χ1n) is 9.46. The average Bonchev–Trinajstić information content (AvgIpc) is 3.21. The quantitative estimate of drug-likeness (QED) is 0.710. The molecule has 1 amide bonds. The van der Waals surface area contributed by atoms with Gasteiger partial charge in [0.05, 0.1) is 28.8 Å². The molecule has 0 aliphatic carbocycles. The van der Waals surface area contributed by atoms with E-state index >= 15 is 0 Å². The molecule has 2 aromatic carbocycles. The molecule has 0 fully saturated rings. The smallest absolute Gasteiger partial charge is 0.233 e. The zero-order valence-electron chi connectivity index (χ0n) is 16.0. The molecule has 3 aromatic rings. The summed E-state index contributed by atoms with van der Waals surface area (Å²) in [5.41, 5.74) is 4.67. The van der Waals surface area contributed by atoms with E-state index < -0.39 is 10.8 Å². The second-order valence-electron chi connectivity index (χ2n) is 7.06. The van der Waals surface area contributed by atoms with Gasteiger partial charge in [0.2, 0.25) is 5.91 Å². The van der Waals surface area contributed by atoms with E-state index in [1.54, 1.807) is 4.68 Å². The van der Waals surface area contributed by atoms with Crippen LogP contribution in [0.15, 0.2) is 54.6 Å². The lowest BCUT2D eigenvalue weighted by molar-refractivity contribution is -0.117. The summed E-state index contributed by atoms with van der Waals surface area (Å²) in [6, 6.07) is 17.7. The number of amides is 1. The van der Waals surface area contributed by atoms with Crippen molar-refractivity contribution < 1.29 is 9.00 Å². The van der Waals surface area contributed by atoms with E-state index in [0.29, 0.717) is 23.7 Å². The molecular formula is C22H23N3O2S. The fraction of sp³-hybridized carbons (Fsp3) is 0.273. The van der Waals surface area contributed by atoms with Gasteiger partial charge in [0.15, 0.2) is 0 Å². The zero-order valence-corrected chi connectivity index (χ0v) is 16.8. The number of rotatable bonds is 5. The third kappa shape index (κ3) is 3.40. The van der Waals surface area contributed by atoms with Crippen LogP contribution in [0.4, 0.5) is 5.82 Å². The maximum Gasteiger partial charge on any atom is 0.233 e. The molecule has 6 heteroatoms. The van der Waals surface area contributed by atoms with Crippen molar-refractivity contribution in [3.8, 4) is 5.69 Å². The van der Waals surface area contributed by atoms with Gasteiger partial charge in [-0.3, -0.25) is 9.00 Å². The highest BCUT2D eigenvalue weighted by Gasteiger charge is 2.30. The van der Waals surface area contributed by atoms with Crippen LogP contribution in [0.5, 0.6) is 0 Å². The van der Waals surface area contributed by atoms with Crippen LogP contribution in [0, 0.1) is 6.92 Å². The topological polar surface area (TPSA) is 64.0 Å². The second-order valence-corrected chi connectivity index (χ2v) is 8.52.